The first-order chi connectivity index (χ1) is 5.20. The monoisotopic (exact) mass is 308 g/mol. The van der Waals surface area contributed by atoms with Gasteiger partial charge in [0.15, 0.2) is 0 Å². The number of nitrogens with two attached hydrogens (primary N) is 2. The Morgan fingerprint density at radius 3 is 0.765 bits per heavy atom. The van der Waals surface area contributed by atoms with E-state index in [2.05, 4.69) is 11.5 Å². The van der Waals surface area contributed by atoms with Crippen LogP contribution in [0, 0.1) is 0 Å². The van der Waals surface area contributed by atoms with Crippen molar-refractivity contribution in [1.29, 1.82) is 0 Å². The standard InChI is InChI=1S/2C2H4O2.CH4N2O.Ni.4H2O/c2*1-2(3)4;2-1(3)4;;;;;/h2*1H3,(H,3,4);(H4,2,3,4);;4*1H2/q;;;+2;;;;/p-2. The average Bonchev–Trinajstić information content (AvgIpc) is 1.54. The summed E-state index contributed by atoms with van der Waals surface area (Å²) in [5, 5.41) is 17.8. The fourth-order valence-electron chi connectivity index (χ4n) is 0. The van der Waals surface area contributed by atoms with E-state index in [1.807, 2.05) is 0 Å². The van der Waals surface area contributed by atoms with E-state index >= 15 is 0 Å². The molecule has 0 unspecified atom stereocenters. The Labute approximate surface area is 107 Å². The summed E-state index contributed by atoms with van der Waals surface area (Å²) < 4.78 is 0. The Kier molecular flexibility index (Phi) is 159. The Morgan fingerprint density at radius 2 is 0.765 bits per heavy atom. The molecule has 0 aromatic carbocycles. The van der Waals surface area contributed by atoms with Crippen LogP contribution in [0.25, 0.3) is 0 Å². The molecule has 0 rings (SSSR count). The van der Waals surface area contributed by atoms with Crippen LogP contribution >= 0.6 is 0 Å². The van der Waals surface area contributed by atoms with Crippen molar-refractivity contribution in [3.8, 4) is 0 Å². The number of carboxylic acid groups (broad SMARTS) is 2. The molecule has 17 heavy (non-hydrogen) atoms. The van der Waals surface area contributed by atoms with Crippen molar-refractivity contribution in [3.05, 3.63) is 0 Å². The molecule has 0 aromatic rings. The van der Waals surface area contributed by atoms with Crippen molar-refractivity contribution in [2.45, 2.75) is 13.8 Å². The van der Waals surface area contributed by atoms with Crippen LogP contribution in [-0.4, -0.2) is 39.9 Å². The van der Waals surface area contributed by atoms with Crippen LogP contribution < -0.4 is 21.7 Å². The van der Waals surface area contributed by atoms with Crippen LogP contribution in [0.3, 0.4) is 0 Å². The number of aliphatic carboxylic acids is 2. The number of amides is 2. The van der Waals surface area contributed by atoms with E-state index in [0.29, 0.717) is 0 Å². The molecule has 0 aromatic heterocycles. The van der Waals surface area contributed by atoms with Gasteiger partial charge in [0.25, 0.3) is 0 Å². The summed E-state index contributed by atoms with van der Waals surface area (Å²) in [7, 11) is 0. The van der Waals surface area contributed by atoms with Crippen LogP contribution in [0.5, 0.6) is 0 Å². The molecule has 0 heterocycles. The van der Waals surface area contributed by atoms with E-state index in [1.165, 1.54) is 0 Å². The van der Waals surface area contributed by atoms with E-state index in [-0.39, 0.29) is 38.4 Å². The predicted octanol–water partition coefficient (Wildman–Crippen LogP) is -6.77. The number of carboxylic acids is 2. The number of hydrogen-bond donors (Lipinski definition) is 2. The van der Waals surface area contributed by atoms with Gasteiger partial charge in [-0.25, -0.2) is 4.79 Å². The van der Waals surface area contributed by atoms with Gasteiger partial charge < -0.3 is 53.2 Å². The zero-order valence-corrected chi connectivity index (χ0v) is 10.00. The largest absolute Gasteiger partial charge is 2.00 e. The van der Waals surface area contributed by atoms with Crippen molar-refractivity contribution in [1.82, 2.24) is 0 Å². The minimum absolute atomic E-state index is 0. The van der Waals surface area contributed by atoms with Crippen molar-refractivity contribution >= 4 is 18.0 Å². The predicted molar refractivity (Wildman–Crippen MR) is 49.6 cm³/mol. The van der Waals surface area contributed by atoms with Gasteiger partial charge in [0, 0.05) is 11.9 Å². The number of carbonyl (C=O) groups is 3. The van der Waals surface area contributed by atoms with E-state index < -0.39 is 18.0 Å². The van der Waals surface area contributed by atoms with Gasteiger partial charge in [-0.05, 0) is 13.8 Å². The summed E-state index contributed by atoms with van der Waals surface area (Å²) in [6.07, 6.45) is 0. The van der Waals surface area contributed by atoms with Crippen molar-refractivity contribution in [2.75, 3.05) is 0 Å². The molecule has 0 saturated heterocycles. The van der Waals surface area contributed by atoms with E-state index in [0.717, 1.165) is 13.8 Å². The van der Waals surface area contributed by atoms with Crippen molar-refractivity contribution in [3.63, 3.8) is 0 Å². The van der Waals surface area contributed by atoms with Gasteiger partial charge in [0.05, 0.1) is 0 Å². The number of carbonyl (C=O) groups excluding carboxylic acids is 3. The third-order valence-electron chi connectivity index (χ3n) is 0. The molecule has 112 valence electrons. The molecular weight excluding hydrogens is 291 g/mol. The third-order valence-corrected chi connectivity index (χ3v) is 0. The van der Waals surface area contributed by atoms with Crippen LogP contribution in [0.15, 0.2) is 0 Å². The average molecular weight is 309 g/mol. The zero-order valence-electron chi connectivity index (χ0n) is 9.01. The summed E-state index contributed by atoms with van der Waals surface area (Å²) in [4.78, 5) is 26.8. The SMILES string of the molecule is CC(=O)[O-].CC(=O)[O-].NC(N)=O.O.O.O.O.[Ni+2]. The molecule has 0 aliphatic rings. The van der Waals surface area contributed by atoms with Gasteiger partial charge in [-0.3, -0.25) is 0 Å². The molecule has 2 amide bonds. The zero-order chi connectivity index (χ0) is 10.7. The summed E-state index contributed by atoms with van der Waals surface area (Å²) in [5.74, 6) is -2.17. The van der Waals surface area contributed by atoms with Crippen molar-refractivity contribution in [2.24, 2.45) is 11.5 Å². The van der Waals surface area contributed by atoms with Crippen LogP contribution in [-0.2, 0) is 26.1 Å². The molecule has 12 heteroatoms. The Hall–Kier alpha value is -1.46. The molecule has 0 saturated carbocycles. The van der Waals surface area contributed by atoms with Gasteiger partial charge in [0.2, 0.25) is 0 Å². The molecule has 0 spiro atoms. The summed E-state index contributed by atoms with van der Waals surface area (Å²) in [6, 6.07) is -0.833. The molecule has 0 aliphatic heterocycles. The first-order valence-corrected chi connectivity index (χ1v) is 2.60. The minimum atomic E-state index is -1.08. The van der Waals surface area contributed by atoms with E-state index in [4.69, 9.17) is 24.6 Å². The number of hydrogen-bond acceptors (Lipinski definition) is 5. The first kappa shape index (κ1) is 57.8. The van der Waals surface area contributed by atoms with E-state index in [9.17, 15) is 0 Å². The molecule has 0 fully saturated rings. The first-order valence-electron chi connectivity index (χ1n) is 2.60. The van der Waals surface area contributed by atoms with Gasteiger partial charge in [-0.15, -0.1) is 0 Å². The fraction of sp³-hybridized carbons (Fsp3) is 0.400. The molecule has 12 N–H and O–H groups in total. The van der Waals surface area contributed by atoms with E-state index in [1.54, 1.807) is 0 Å². The normalized spacial score (nSPS) is 4.35. The second-order valence-corrected chi connectivity index (χ2v) is 1.39. The Balaban J connectivity index is -0.0000000104. The molecule has 0 bridgehead atoms. The number of rotatable bonds is 0. The molecular formula is C5H18N2NiO9. The molecule has 0 atom stereocenters. The summed E-state index contributed by atoms with van der Waals surface area (Å²) >= 11 is 0. The maximum atomic E-state index is 9.00. The van der Waals surface area contributed by atoms with Gasteiger partial charge in [-0.1, -0.05) is 0 Å². The Morgan fingerprint density at radius 1 is 0.765 bits per heavy atom. The molecule has 0 aliphatic carbocycles. The molecule has 0 radical (unpaired) electrons. The van der Waals surface area contributed by atoms with Gasteiger partial charge in [-0.2, -0.15) is 0 Å². The summed E-state index contributed by atoms with van der Waals surface area (Å²) in [6.45, 7) is 1.94. The fourth-order valence-corrected chi connectivity index (χ4v) is 0. The minimum Gasteiger partial charge on any atom is -0.550 e. The van der Waals surface area contributed by atoms with Gasteiger partial charge >= 0.3 is 22.5 Å². The maximum absolute atomic E-state index is 9.00. The second kappa shape index (κ2) is 46.9. The maximum Gasteiger partial charge on any atom is 2.00 e. The van der Waals surface area contributed by atoms with Crippen LogP contribution in [0.1, 0.15) is 13.8 Å². The smallest absolute Gasteiger partial charge is 0.550 e. The quantitative estimate of drug-likeness (QED) is 0.411. The van der Waals surface area contributed by atoms with Crippen LogP contribution in [0.4, 0.5) is 4.79 Å². The molecule has 11 nitrogen and oxygen atoms in total. The van der Waals surface area contributed by atoms with Gasteiger partial charge in [0.1, 0.15) is 0 Å². The second-order valence-electron chi connectivity index (χ2n) is 1.39. The number of urea groups is 1. The topological polar surface area (TPSA) is 275 Å². The summed E-state index contributed by atoms with van der Waals surface area (Å²) in [5.41, 5.74) is 8.50. The third kappa shape index (κ3) is 1080. The van der Waals surface area contributed by atoms with Crippen molar-refractivity contribution < 1.29 is 63.0 Å². The number of primary amides is 2. The van der Waals surface area contributed by atoms with Crippen LogP contribution in [0.2, 0.25) is 0 Å². The Bertz CT molecular complexity index is 125.